The molecule has 0 saturated carbocycles. The molecule has 8 heteroatoms. The van der Waals surface area contributed by atoms with Gasteiger partial charge in [0.15, 0.2) is 5.16 Å². The molecular weight excluding hydrogens is 414 g/mol. The number of nitrogens with one attached hydrogen (secondary N) is 1. The first-order valence-electron chi connectivity index (χ1n) is 9.49. The Morgan fingerprint density at radius 1 is 1.10 bits per heavy atom. The molecule has 0 aliphatic rings. The van der Waals surface area contributed by atoms with Crippen molar-refractivity contribution in [1.29, 1.82) is 0 Å². The molecule has 2 aromatic heterocycles. The van der Waals surface area contributed by atoms with Gasteiger partial charge in [-0.3, -0.25) is 9.36 Å². The summed E-state index contributed by atoms with van der Waals surface area (Å²) >= 11 is 2.89. The van der Waals surface area contributed by atoms with Crippen LogP contribution in [0.5, 0.6) is 0 Å². The third-order valence-corrected chi connectivity index (χ3v) is 6.81. The van der Waals surface area contributed by atoms with Crippen LogP contribution >= 0.6 is 23.1 Å². The van der Waals surface area contributed by atoms with Crippen LogP contribution in [0.1, 0.15) is 31.5 Å². The summed E-state index contributed by atoms with van der Waals surface area (Å²) in [5.41, 5.74) is 4.63. The molecule has 1 amide bonds. The Labute approximate surface area is 183 Å². The number of thioether (sulfide) groups is 1. The van der Waals surface area contributed by atoms with Crippen LogP contribution < -0.4 is 5.32 Å². The van der Waals surface area contributed by atoms with Gasteiger partial charge in [-0.25, -0.2) is 4.98 Å². The van der Waals surface area contributed by atoms with Crippen molar-refractivity contribution in [1.82, 2.24) is 25.1 Å². The number of hydrogen-bond acceptors (Lipinski definition) is 6. The van der Waals surface area contributed by atoms with Crippen LogP contribution in [0.3, 0.4) is 0 Å². The minimum absolute atomic E-state index is 0.204. The predicted octanol–water partition coefficient (Wildman–Crippen LogP) is 4.56. The molecule has 0 saturated heterocycles. The first-order chi connectivity index (χ1) is 14.6. The number of rotatable bonds is 7. The van der Waals surface area contributed by atoms with Gasteiger partial charge in [0.2, 0.25) is 5.01 Å². The highest BCUT2D eigenvalue weighted by molar-refractivity contribution is 7.98. The number of hydrogen-bond donors (Lipinski definition) is 1. The quantitative estimate of drug-likeness (QED) is 0.431. The summed E-state index contributed by atoms with van der Waals surface area (Å²) in [7, 11) is 0. The van der Waals surface area contributed by atoms with E-state index < -0.39 is 0 Å². The zero-order valence-corrected chi connectivity index (χ0v) is 18.3. The average molecular weight is 436 g/mol. The Bertz CT molecular complexity index is 1150. The molecule has 0 unspecified atom stereocenters. The fourth-order valence-electron chi connectivity index (χ4n) is 2.96. The van der Waals surface area contributed by atoms with Gasteiger partial charge in [-0.1, -0.05) is 65.6 Å². The summed E-state index contributed by atoms with van der Waals surface area (Å²) in [5, 5.41) is 13.2. The smallest absolute Gasteiger partial charge is 0.282 e. The van der Waals surface area contributed by atoms with E-state index in [0.717, 1.165) is 21.4 Å². The molecule has 0 spiro atoms. The van der Waals surface area contributed by atoms with Crippen molar-refractivity contribution in [2.45, 2.75) is 31.3 Å². The number of aromatic nitrogens is 4. The van der Waals surface area contributed by atoms with Crippen molar-refractivity contribution in [3.05, 3.63) is 87.6 Å². The Morgan fingerprint density at radius 2 is 1.93 bits per heavy atom. The van der Waals surface area contributed by atoms with Gasteiger partial charge in [-0.15, -0.1) is 10.2 Å². The molecule has 0 aliphatic heterocycles. The summed E-state index contributed by atoms with van der Waals surface area (Å²) in [6.07, 6.45) is 3.76. The number of nitrogens with zero attached hydrogens (tertiary/aromatic N) is 4. The van der Waals surface area contributed by atoms with Crippen LogP contribution in [0.4, 0.5) is 0 Å². The maximum absolute atomic E-state index is 12.3. The average Bonchev–Trinajstić information content (AvgIpc) is 3.43. The Balaban J connectivity index is 1.39. The van der Waals surface area contributed by atoms with Gasteiger partial charge in [0.25, 0.3) is 5.91 Å². The first-order valence-corrected chi connectivity index (χ1v) is 11.3. The van der Waals surface area contributed by atoms with Gasteiger partial charge in [0.05, 0.1) is 11.4 Å². The Morgan fingerprint density at radius 3 is 2.77 bits per heavy atom. The maximum atomic E-state index is 12.3. The molecule has 1 N–H and O–H groups in total. The van der Waals surface area contributed by atoms with E-state index in [9.17, 15) is 4.79 Å². The molecule has 4 rings (SSSR count). The van der Waals surface area contributed by atoms with Crippen molar-refractivity contribution in [3.63, 3.8) is 0 Å². The molecule has 2 heterocycles. The van der Waals surface area contributed by atoms with E-state index >= 15 is 0 Å². The highest BCUT2D eigenvalue weighted by Gasteiger charge is 2.14. The minimum atomic E-state index is -0.204. The minimum Gasteiger partial charge on any atom is -0.346 e. The van der Waals surface area contributed by atoms with Crippen molar-refractivity contribution >= 4 is 29.0 Å². The van der Waals surface area contributed by atoms with Gasteiger partial charge < -0.3 is 5.32 Å². The zero-order chi connectivity index (χ0) is 20.9. The van der Waals surface area contributed by atoms with Crippen LogP contribution in [0.2, 0.25) is 0 Å². The van der Waals surface area contributed by atoms with E-state index in [1.807, 2.05) is 36.5 Å². The van der Waals surface area contributed by atoms with Gasteiger partial charge in [0.1, 0.15) is 5.01 Å². The summed E-state index contributed by atoms with van der Waals surface area (Å²) in [4.78, 5) is 16.8. The summed E-state index contributed by atoms with van der Waals surface area (Å²) in [6, 6.07) is 16.0. The van der Waals surface area contributed by atoms with Crippen LogP contribution in [0, 0.1) is 13.8 Å². The number of imidazole rings is 1. The second-order valence-corrected chi connectivity index (χ2v) is 8.76. The first kappa shape index (κ1) is 20.3. The fourth-order valence-corrected chi connectivity index (χ4v) is 4.67. The lowest BCUT2D eigenvalue weighted by Crippen LogP contribution is -2.22. The van der Waals surface area contributed by atoms with Crippen LogP contribution in [-0.2, 0) is 12.3 Å². The Kier molecular flexibility index (Phi) is 6.25. The number of carbonyl (C=O) groups is 1. The molecule has 0 atom stereocenters. The van der Waals surface area contributed by atoms with E-state index in [4.69, 9.17) is 0 Å². The normalized spacial score (nSPS) is 10.9. The summed E-state index contributed by atoms with van der Waals surface area (Å²) < 4.78 is 2.08. The molecule has 0 fully saturated rings. The summed E-state index contributed by atoms with van der Waals surface area (Å²) in [6.45, 7) is 4.69. The van der Waals surface area contributed by atoms with Crippen LogP contribution in [0.15, 0.2) is 66.1 Å². The van der Waals surface area contributed by atoms with Crippen LogP contribution in [0.25, 0.3) is 5.69 Å². The number of amides is 1. The van der Waals surface area contributed by atoms with E-state index in [0.29, 0.717) is 17.3 Å². The van der Waals surface area contributed by atoms with Crippen molar-refractivity contribution in [2.24, 2.45) is 0 Å². The van der Waals surface area contributed by atoms with E-state index in [1.54, 1.807) is 18.0 Å². The number of benzene rings is 2. The summed E-state index contributed by atoms with van der Waals surface area (Å²) in [5.74, 6) is 0.399. The topological polar surface area (TPSA) is 72.7 Å². The molecule has 6 nitrogen and oxygen atoms in total. The number of aryl methyl sites for hydroxylation is 1. The van der Waals surface area contributed by atoms with Gasteiger partial charge >= 0.3 is 0 Å². The van der Waals surface area contributed by atoms with E-state index in [1.165, 1.54) is 22.5 Å². The van der Waals surface area contributed by atoms with Crippen molar-refractivity contribution in [3.8, 4) is 5.69 Å². The molecule has 152 valence electrons. The maximum Gasteiger partial charge on any atom is 0.282 e. The third kappa shape index (κ3) is 4.60. The highest BCUT2D eigenvalue weighted by atomic mass is 32.2. The van der Waals surface area contributed by atoms with Gasteiger partial charge in [-0.05, 0) is 36.6 Å². The third-order valence-electron chi connectivity index (χ3n) is 4.72. The molecule has 0 aliphatic carbocycles. The van der Waals surface area contributed by atoms with Crippen molar-refractivity contribution < 1.29 is 4.79 Å². The van der Waals surface area contributed by atoms with Crippen LogP contribution in [-0.4, -0.2) is 25.7 Å². The lowest BCUT2D eigenvalue weighted by molar-refractivity contribution is 0.0950. The van der Waals surface area contributed by atoms with Gasteiger partial charge in [-0.2, -0.15) is 0 Å². The highest BCUT2D eigenvalue weighted by Crippen LogP contribution is 2.27. The molecule has 0 radical (unpaired) electrons. The standard InChI is InChI=1S/C22H21N5OS2/c1-15-7-6-10-18(16(15)2)27-12-11-23-22(27)29-14-19-25-26-21(30-19)20(28)24-13-17-8-4-3-5-9-17/h3-12H,13-14H2,1-2H3,(H,24,28). The molecule has 4 aromatic rings. The lowest BCUT2D eigenvalue weighted by Gasteiger charge is -2.11. The van der Waals surface area contributed by atoms with Gasteiger partial charge in [0, 0.05) is 18.9 Å². The SMILES string of the molecule is Cc1cccc(-n2ccnc2SCc2nnc(C(=O)NCc3ccccc3)s2)c1C. The molecule has 0 bridgehead atoms. The largest absolute Gasteiger partial charge is 0.346 e. The van der Waals surface area contributed by atoms with E-state index in [-0.39, 0.29) is 5.91 Å². The Hall–Kier alpha value is -2.97. The second-order valence-electron chi connectivity index (χ2n) is 6.76. The predicted molar refractivity (Wildman–Crippen MR) is 120 cm³/mol. The fraction of sp³-hybridized carbons (Fsp3) is 0.182. The second kappa shape index (κ2) is 9.23. The van der Waals surface area contributed by atoms with Crippen molar-refractivity contribution in [2.75, 3.05) is 0 Å². The molecular formula is C22H21N5OS2. The monoisotopic (exact) mass is 435 g/mol. The van der Waals surface area contributed by atoms with E-state index in [2.05, 4.69) is 57.1 Å². The zero-order valence-electron chi connectivity index (χ0n) is 16.7. The molecule has 30 heavy (non-hydrogen) atoms. The lowest BCUT2D eigenvalue weighted by atomic mass is 10.1. The number of carbonyl (C=O) groups excluding carboxylic acids is 1. The molecule has 2 aromatic carbocycles.